The third kappa shape index (κ3) is 4.29. The lowest BCUT2D eigenvalue weighted by atomic mass is 9.96. The zero-order chi connectivity index (χ0) is 14.5. The van der Waals surface area contributed by atoms with Gasteiger partial charge in [-0.15, -0.1) is 0 Å². The van der Waals surface area contributed by atoms with Gasteiger partial charge < -0.3 is 10.4 Å². The van der Waals surface area contributed by atoms with Gasteiger partial charge in [-0.25, -0.2) is 0 Å². The summed E-state index contributed by atoms with van der Waals surface area (Å²) in [5.41, 5.74) is 0.524. The molecule has 0 unspecified atom stereocenters. The summed E-state index contributed by atoms with van der Waals surface area (Å²) >= 11 is 11.7. The molecule has 0 aromatic heterocycles. The van der Waals surface area contributed by atoms with E-state index in [1.165, 1.54) is 37.8 Å². The first-order valence-electron chi connectivity index (χ1n) is 7.04. The molecule has 0 heterocycles. The molecule has 110 valence electrons. The summed E-state index contributed by atoms with van der Waals surface area (Å²) in [5.74, 6) is 0.297. The molecular weight excluding hydrogens is 297 g/mol. The topological polar surface area (TPSA) is 49.3 Å². The van der Waals surface area contributed by atoms with E-state index in [1.54, 1.807) is 0 Å². The smallest absolute Gasteiger partial charge is 0.224 e. The first-order valence-corrected chi connectivity index (χ1v) is 7.79. The lowest BCUT2D eigenvalue weighted by molar-refractivity contribution is -0.117. The van der Waals surface area contributed by atoms with Crippen LogP contribution in [0, 0.1) is 5.92 Å². The molecule has 2 N–H and O–H groups in total. The molecule has 0 radical (unpaired) electrons. The summed E-state index contributed by atoms with van der Waals surface area (Å²) < 4.78 is 0. The predicted octanol–water partition coefficient (Wildman–Crippen LogP) is 5.00. The van der Waals surface area contributed by atoms with Gasteiger partial charge >= 0.3 is 0 Å². The van der Waals surface area contributed by atoms with Crippen LogP contribution in [0.25, 0.3) is 0 Å². The van der Waals surface area contributed by atoms with Crippen LogP contribution in [0.2, 0.25) is 10.0 Å². The number of carbonyl (C=O) groups is 1. The highest BCUT2D eigenvalue weighted by molar-refractivity contribution is 6.37. The fourth-order valence-electron chi connectivity index (χ4n) is 2.68. The number of hydrogen-bond acceptors (Lipinski definition) is 2. The number of rotatable bonds is 3. The average molecular weight is 316 g/mol. The Morgan fingerprint density at radius 3 is 2.25 bits per heavy atom. The Kier molecular flexibility index (Phi) is 5.55. The monoisotopic (exact) mass is 315 g/mol. The minimum Gasteiger partial charge on any atom is -0.505 e. The molecule has 2 rings (SSSR count). The van der Waals surface area contributed by atoms with Crippen molar-refractivity contribution in [1.29, 1.82) is 0 Å². The molecule has 1 aromatic rings. The van der Waals surface area contributed by atoms with Crippen molar-refractivity contribution in [3.8, 4) is 5.75 Å². The highest BCUT2D eigenvalue weighted by atomic mass is 35.5. The van der Waals surface area contributed by atoms with Crippen LogP contribution in [0.3, 0.4) is 0 Å². The van der Waals surface area contributed by atoms with Crippen molar-refractivity contribution in [1.82, 2.24) is 0 Å². The Morgan fingerprint density at radius 2 is 1.70 bits per heavy atom. The molecule has 1 aromatic carbocycles. The van der Waals surface area contributed by atoms with E-state index in [4.69, 9.17) is 23.2 Å². The van der Waals surface area contributed by atoms with Gasteiger partial charge in [0, 0.05) is 12.1 Å². The second-order valence-corrected chi connectivity index (χ2v) is 6.21. The first kappa shape index (κ1) is 15.5. The number of nitrogens with one attached hydrogen (secondary N) is 1. The number of phenols is 1. The van der Waals surface area contributed by atoms with E-state index < -0.39 is 0 Å². The van der Waals surface area contributed by atoms with Crippen LogP contribution >= 0.6 is 23.2 Å². The van der Waals surface area contributed by atoms with Gasteiger partial charge in [0.2, 0.25) is 5.91 Å². The van der Waals surface area contributed by atoms with Gasteiger partial charge in [-0.3, -0.25) is 4.79 Å². The van der Waals surface area contributed by atoms with Crippen molar-refractivity contribution in [2.24, 2.45) is 5.92 Å². The molecule has 3 nitrogen and oxygen atoms in total. The van der Waals surface area contributed by atoms with Crippen molar-refractivity contribution in [3.05, 3.63) is 22.2 Å². The van der Waals surface area contributed by atoms with Crippen molar-refractivity contribution >= 4 is 34.8 Å². The maximum Gasteiger partial charge on any atom is 0.224 e. The molecule has 20 heavy (non-hydrogen) atoms. The van der Waals surface area contributed by atoms with E-state index in [9.17, 15) is 9.90 Å². The van der Waals surface area contributed by atoms with Crippen LogP contribution < -0.4 is 5.32 Å². The Bertz CT molecular complexity index is 460. The molecule has 0 atom stereocenters. The fourth-order valence-corrected chi connectivity index (χ4v) is 3.17. The van der Waals surface area contributed by atoms with Crippen LogP contribution in [-0.4, -0.2) is 11.0 Å². The zero-order valence-electron chi connectivity index (χ0n) is 11.3. The molecular formula is C15H19Cl2NO2. The summed E-state index contributed by atoms with van der Waals surface area (Å²) in [4.78, 5) is 12.0. The van der Waals surface area contributed by atoms with Gasteiger partial charge in [-0.05, 0) is 30.9 Å². The number of halogens is 2. The molecule has 1 saturated carbocycles. The van der Waals surface area contributed by atoms with Gasteiger partial charge in [0.25, 0.3) is 0 Å². The van der Waals surface area contributed by atoms with Crippen molar-refractivity contribution in [2.45, 2.75) is 44.9 Å². The molecule has 1 fully saturated rings. The third-order valence-corrected chi connectivity index (χ3v) is 4.33. The van der Waals surface area contributed by atoms with Crippen LogP contribution in [0.5, 0.6) is 5.75 Å². The number of amides is 1. The van der Waals surface area contributed by atoms with Crippen LogP contribution in [-0.2, 0) is 4.79 Å². The largest absolute Gasteiger partial charge is 0.505 e. The molecule has 0 saturated heterocycles. The van der Waals surface area contributed by atoms with Gasteiger partial charge in [0.15, 0.2) is 5.75 Å². The highest BCUT2D eigenvalue weighted by Crippen LogP contribution is 2.35. The van der Waals surface area contributed by atoms with E-state index in [1.807, 2.05) is 0 Å². The Hall–Kier alpha value is -0.930. The lowest BCUT2D eigenvalue weighted by Gasteiger charge is -2.14. The minimum atomic E-state index is -0.157. The maximum absolute atomic E-state index is 12.0. The normalized spacial score (nSPS) is 16.7. The van der Waals surface area contributed by atoms with E-state index in [2.05, 4.69) is 5.32 Å². The van der Waals surface area contributed by atoms with E-state index in [0.29, 0.717) is 18.0 Å². The quantitative estimate of drug-likeness (QED) is 0.609. The Morgan fingerprint density at radius 1 is 1.15 bits per heavy atom. The SMILES string of the molecule is O=C(CC1CCCCCC1)Nc1cc(Cl)c(O)c(Cl)c1. The van der Waals surface area contributed by atoms with Crippen LogP contribution in [0.4, 0.5) is 5.69 Å². The van der Waals surface area contributed by atoms with Crippen LogP contribution in [0.1, 0.15) is 44.9 Å². The van der Waals surface area contributed by atoms with Gasteiger partial charge in [0.05, 0.1) is 10.0 Å². The standard InChI is InChI=1S/C15H19Cl2NO2/c16-12-8-11(9-13(17)15(12)20)18-14(19)7-10-5-3-1-2-4-6-10/h8-10,20H,1-7H2,(H,18,19). The number of benzene rings is 1. The molecule has 0 spiro atoms. The fraction of sp³-hybridized carbons (Fsp3) is 0.533. The van der Waals surface area contributed by atoms with Gasteiger partial charge in [-0.2, -0.15) is 0 Å². The van der Waals surface area contributed by atoms with Crippen molar-refractivity contribution < 1.29 is 9.90 Å². The zero-order valence-corrected chi connectivity index (χ0v) is 12.8. The third-order valence-electron chi connectivity index (χ3n) is 3.75. The highest BCUT2D eigenvalue weighted by Gasteiger charge is 2.16. The van der Waals surface area contributed by atoms with Crippen LogP contribution in [0.15, 0.2) is 12.1 Å². The number of hydrogen-bond donors (Lipinski definition) is 2. The van der Waals surface area contributed by atoms with E-state index in [-0.39, 0.29) is 21.7 Å². The van der Waals surface area contributed by atoms with Gasteiger partial charge in [0.1, 0.15) is 0 Å². The Balaban J connectivity index is 1.94. The number of aromatic hydroxyl groups is 1. The van der Waals surface area contributed by atoms with E-state index >= 15 is 0 Å². The molecule has 5 heteroatoms. The van der Waals surface area contributed by atoms with Crippen molar-refractivity contribution in [2.75, 3.05) is 5.32 Å². The molecule has 0 bridgehead atoms. The summed E-state index contributed by atoms with van der Waals surface area (Å²) in [7, 11) is 0. The number of anilines is 1. The predicted molar refractivity (Wildman–Crippen MR) is 82.6 cm³/mol. The van der Waals surface area contributed by atoms with Gasteiger partial charge in [-0.1, -0.05) is 48.9 Å². The van der Waals surface area contributed by atoms with Crippen molar-refractivity contribution in [3.63, 3.8) is 0 Å². The molecule has 1 aliphatic carbocycles. The first-order chi connectivity index (χ1) is 9.56. The Labute approximate surface area is 129 Å². The maximum atomic E-state index is 12.0. The second kappa shape index (κ2) is 7.19. The lowest BCUT2D eigenvalue weighted by Crippen LogP contribution is -2.16. The molecule has 1 amide bonds. The minimum absolute atomic E-state index is 0.0188. The second-order valence-electron chi connectivity index (χ2n) is 5.40. The molecule has 1 aliphatic rings. The average Bonchev–Trinajstić information content (AvgIpc) is 2.64. The number of carbonyl (C=O) groups excluding carboxylic acids is 1. The summed E-state index contributed by atoms with van der Waals surface area (Å²) in [5, 5.41) is 12.6. The molecule has 0 aliphatic heterocycles. The number of phenolic OH excluding ortho intramolecular Hbond substituents is 1. The summed E-state index contributed by atoms with van der Waals surface area (Å²) in [6.45, 7) is 0. The summed E-state index contributed by atoms with van der Waals surface area (Å²) in [6, 6.07) is 3.02. The summed E-state index contributed by atoms with van der Waals surface area (Å²) in [6.07, 6.45) is 7.79. The van der Waals surface area contributed by atoms with E-state index in [0.717, 1.165) is 12.8 Å².